The number of amides is 1. The Morgan fingerprint density at radius 2 is 1.86 bits per heavy atom. The Morgan fingerprint density at radius 1 is 1.21 bits per heavy atom. The monoisotopic (exact) mass is 198 g/mol. The van der Waals surface area contributed by atoms with Crippen LogP contribution in [0.4, 0.5) is 0 Å². The van der Waals surface area contributed by atoms with Crippen LogP contribution in [-0.4, -0.2) is 18.5 Å². The topological polar surface area (TPSA) is 55.1 Å². The van der Waals surface area contributed by atoms with Crippen LogP contribution < -0.4 is 11.1 Å². The lowest BCUT2D eigenvalue weighted by molar-refractivity contribution is -0.121. The smallest absolute Gasteiger partial charge is 0.220 e. The number of nitrogens with two attached hydrogens (primary N) is 1. The number of hydrogen-bond acceptors (Lipinski definition) is 2. The van der Waals surface area contributed by atoms with Gasteiger partial charge in [0.2, 0.25) is 5.91 Å². The predicted octanol–water partition coefficient (Wildman–Crippen LogP) is 1.56. The summed E-state index contributed by atoms with van der Waals surface area (Å²) in [6.07, 6.45) is 8.91. The van der Waals surface area contributed by atoms with E-state index in [1.165, 1.54) is 25.7 Å². The standard InChI is InChI=1S/C11H22N2O/c12-9-5-8-11(14)13-10-6-3-1-2-4-7-10/h10H,1-9,12H2,(H,13,14). The molecule has 3 nitrogen and oxygen atoms in total. The highest BCUT2D eigenvalue weighted by Crippen LogP contribution is 2.17. The van der Waals surface area contributed by atoms with Crippen molar-refractivity contribution in [3.8, 4) is 0 Å². The Kier molecular flexibility index (Phi) is 5.60. The lowest BCUT2D eigenvalue weighted by Crippen LogP contribution is -2.34. The van der Waals surface area contributed by atoms with Gasteiger partial charge in [0, 0.05) is 12.5 Å². The van der Waals surface area contributed by atoms with Crippen LogP contribution in [0.25, 0.3) is 0 Å². The van der Waals surface area contributed by atoms with Gasteiger partial charge in [0.1, 0.15) is 0 Å². The van der Waals surface area contributed by atoms with Crippen molar-refractivity contribution in [3.63, 3.8) is 0 Å². The zero-order chi connectivity index (χ0) is 10.2. The summed E-state index contributed by atoms with van der Waals surface area (Å²) in [6.45, 7) is 0.609. The molecule has 0 heterocycles. The molecule has 0 saturated heterocycles. The molecule has 14 heavy (non-hydrogen) atoms. The maximum absolute atomic E-state index is 11.4. The summed E-state index contributed by atoms with van der Waals surface area (Å²) in [5.74, 6) is 0.183. The first-order valence-electron chi connectivity index (χ1n) is 5.82. The van der Waals surface area contributed by atoms with Gasteiger partial charge in [-0.25, -0.2) is 0 Å². The lowest BCUT2D eigenvalue weighted by atomic mass is 10.1. The molecule has 1 amide bonds. The van der Waals surface area contributed by atoms with Gasteiger partial charge in [-0.1, -0.05) is 25.7 Å². The molecule has 0 aliphatic heterocycles. The second-order valence-corrected chi connectivity index (χ2v) is 4.15. The van der Waals surface area contributed by atoms with Gasteiger partial charge in [-0.2, -0.15) is 0 Å². The molecule has 0 radical (unpaired) electrons. The largest absolute Gasteiger partial charge is 0.353 e. The molecule has 1 saturated carbocycles. The maximum atomic E-state index is 11.4. The number of hydrogen-bond donors (Lipinski definition) is 2. The van der Waals surface area contributed by atoms with Crippen LogP contribution in [0, 0.1) is 0 Å². The zero-order valence-corrected chi connectivity index (χ0v) is 8.93. The number of nitrogens with one attached hydrogen (secondary N) is 1. The van der Waals surface area contributed by atoms with Crippen molar-refractivity contribution in [1.82, 2.24) is 5.32 Å². The van der Waals surface area contributed by atoms with E-state index < -0.39 is 0 Å². The molecule has 1 rings (SSSR count). The van der Waals surface area contributed by atoms with Gasteiger partial charge >= 0.3 is 0 Å². The molecule has 0 aromatic carbocycles. The third-order valence-electron chi connectivity index (χ3n) is 2.83. The third-order valence-corrected chi connectivity index (χ3v) is 2.83. The van der Waals surface area contributed by atoms with Crippen molar-refractivity contribution in [2.24, 2.45) is 5.73 Å². The minimum Gasteiger partial charge on any atom is -0.353 e. The van der Waals surface area contributed by atoms with E-state index in [-0.39, 0.29) is 5.91 Å². The first-order chi connectivity index (χ1) is 6.83. The summed E-state index contributed by atoms with van der Waals surface area (Å²) < 4.78 is 0. The van der Waals surface area contributed by atoms with Crippen LogP contribution in [0.1, 0.15) is 51.4 Å². The Bertz CT molecular complexity index is 163. The molecule has 1 fully saturated rings. The molecule has 0 atom stereocenters. The molecular weight excluding hydrogens is 176 g/mol. The molecule has 3 heteroatoms. The van der Waals surface area contributed by atoms with Crippen LogP contribution in [0.15, 0.2) is 0 Å². The lowest BCUT2D eigenvalue weighted by Gasteiger charge is -2.15. The molecule has 1 aliphatic rings. The summed E-state index contributed by atoms with van der Waals surface area (Å²) in [7, 11) is 0. The van der Waals surface area contributed by atoms with E-state index in [1.807, 2.05) is 0 Å². The van der Waals surface area contributed by atoms with Gasteiger partial charge in [0.15, 0.2) is 0 Å². The van der Waals surface area contributed by atoms with Crippen molar-refractivity contribution in [3.05, 3.63) is 0 Å². The molecule has 0 aromatic heterocycles. The number of carbonyl (C=O) groups is 1. The summed E-state index contributed by atoms with van der Waals surface area (Å²) in [4.78, 5) is 11.4. The number of rotatable bonds is 4. The van der Waals surface area contributed by atoms with Crippen LogP contribution >= 0.6 is 0 Å². The SMILES string of the molecule is NCCCC(=O)NC1CCCCCC1. The average molecular weight is 198 g/mol. The normalized spacial score (nSPS) is 18.9. The minimum atomic E-state index is 0.183. The summed E-state index contributed by atoms with van der Waals surface area (Å²) in [5, 5.41) is 3.10. The fraction of sp³-hybridized carbons (Fsp3) is 0.909. The van der Waals surface area contributed by atoms with Crippen LogP contribution in [0.5, 0.6) is 0 Å². The van der Waals surface area contributed by atoms with Crippen molar-refractivity contribution >= 4 is 5.91 Å². The highest BCUT2D eigenvalue weighted by atomic mass is 16.1. The van der Waals surface area contributed by atoms with Crippen molar-refractivity contribution in [2.45, 2.75) is 57.4 Å². The highest BCUT2D eigenvalue weighted by Gasteiger charge is 2.13. The Hall–Kier alpha value is -0.570. The highest BCUT2D eigenvalue weighted by molar-refractivity contribution is 5.76. The second-order valence-electron chi connectivity index (χ2n) is 4.15. The molecule has 3 N–H and O–H groups in total. The fourth-order valence-corrected chi connectivity index (χ4v) is 1.99. The van der Waals surface area contributed by atoms with E-state index in [1.54, 1.807) is 0 Å². The third kappa shape index (κ3) is 4.61. The second kappa shape index (κ2) is 6.82. The van der Waals surface area contributed by atoms with E-state index in [0.717, 1.165) is 19.3 Å². The first kappa shape index (κ1) is 11.5. The average Bonchev–Trinajstić information content (AvgIpc) is 2.43. The predicted molar refractivity (Wildman–Crippen MR) is 57.9 cm³/mol. The Morgan fingerprint density at radius 3 is 2.43 bits per heavy atom. The Labute approximate surface area is 86.4 Å². The van der Waals surface area contributed by atoms with E-state index in [4.69, 9.17) is 5.73 Å². The van der Waals surface area contributed by atoms with E-state index in [9.17, 15) is 4.79 Å². The minimum absolute atomic E-state index is 0.183. The van der Waals surface area contributed by atoms with Gasteiger partial charge in [-0.05, 0) is 25.8 Å². The van der Waals surface area contributed by atoms with Crippen LogP contribution in [0.3, 0.4) is 0 Å². The molecule has 0 aromatic rings. The van der Waals surface area contributed by atoms with Gasteiger partial charge in [-0.3, -0.25) is 4.79 Å². The van der Waals surface area contributed by atoms with E-state index in [2.05, 4.69) is 5.32 Å². The molecule has 82 valence electrons. The molecule has 0 spiro atoms. The number of carbonyl (C=O) groups excluding carboxylic acids is 1. The molecular formula is C11H22N2O. The van der Waals surface area contributed by atoms with E-state index >= 15 is 0 Å². The van der Waals surface area contributed by atoms with Gasteiger partial charge < -0.3 is 11.1 Å². The van der Waals surface area contributed by atoms with Gasteiger partial charge in [0.25, 0.3) is 0 Å². The van der Waals surface area contributed by atoms with Gasteiger partial charge in [-0.15, -0.1) is 0 Å². The Balaban J connectivity index is 2.17. The molecule has 0 unspecified atom stereocenters. The van der Waals surface area contributed by atoms with Crippen molar-refractivity contribution in [1.29, 1.82) is 0 Å². The summed E-state index contributed by atoms with van der Waals surface area (Å²) >= 11 is 0. The van der Waals surface area contributed by atoms with Crippen LogP contribution in [-0.2, 0) is 4.79 Å². The van der Waals surface area contributed by atoms with Crippen molar-refractivity contribution in [2.75, 3.05) is 6.54 Å². The van der Waals surface area contributed by atoms with Crippen LogP contribution in [0.2, 0.25) is 0 Å². The van der Waals surface area contributed by atoms with Gasteiger partial charge in [0.05, 0.1) is 0 Å². The molecule has 1 aliphatic carbocycles. The fourth-order valence-electron chi connectivity index (χ4n) is 1.99. The van der Waals surface area contributed by atoms with Crippen molar-refractivity contribution < 1.29 is 4.79 Å². The summed E-state index contributed by atoms with van der Waals surface area (Å²) in [5.41, 5.74) is 5.35. The maximum Gasteiger partial charge on any atom is 0.220 e. The molecule has 0 bridgehead atoms. The summed E-state index contributed by atoms with van der Waals surface area (Å²) in [6, 6.07) is 0.433. The zero-order valence-electron chi connectivity index (χ0n) is 8.93. The quantitative estimate of drug-likeness (QED) is 0.674. The first-order valence-corrected chi connectivity index (χ1v) is 5.82. The van der Waals surface area contributed by atoms with E-state index in [0.29, 0.717) is 19.0 Å².